The molecule has 0 fully saturated rings. The minimum atomic E-state index is -0.151. The molecule has 0 spiro atoms. The number of hydrogen-bond donors (Lipinski definition) is 2. The molecule has 0 aliphatic carbocycles. The second kappa shape index (κ2) is 8.19. The van der Waals surface area contributed by atoms with Gasteiger partial charge < -0.3 is 20.1 Å². The molecule has 0 aromatic heterocycles. The van der Waals surface area contributed by atoms with Crippen LogP contribution in [-0.2, 0) is 11.2 Å². The minimum Gasteiger partial charge on any atom is -0.486 e. The number of hydrogen-bond acceptors (Lipinski definition) is 4. The van der Waals surface area contributed by atoms with Crippen molar-refractivity contribution in [2.45, 2.75) is 6.42 Å². The number of carbonyl (C=O) groups excluding carboxylic acids is 2. The first-order valence-electron chi connectivity index (χ1n) is 8.21. The first-order valence-corrected chi connectivity index (χ1v) is 8.21. The lowest BCUT2D eigenvalue weighted by atomic mass is 10.1. The maximum atomic E-state index is 12.0. The van der Waals surface area contributed by atoms with Gasteiger partial charge in [-0.2, -0.15) is 0 Å². The van der Waals surface area contributed by atoms with Gasteiger partial charge in [0.15, 0.2) is 11.5 Å². The predicted octanol–water partition coefficient (Wildman–Crippen LogP) is 1.55. The van der Waals surface area contributed by atoms with Crippen LogP contribution in [0.15, 0.2) is 48.5 Å². The summed E-state index contributed by atoms with van der Waals surface area (Å²) in [5, 5.41) is 5.56. The van der Waals surface area contributed by atoms with Gasteiger partial charge in [0.2, 0.25) is 5.91 Å². The van der Waals surface area contributed by atoms with Gasteiger partial charge in [-0.05, 0) is 29.8 Å². The molecule has 6 heteroatoms. The number of carbonyl (C=O) groups is 2. The van der Waals surface area contributed by atoms with Crippen molar-refractivity contribution in [2.24, 2.45) is 0 Å². The molecule has 2 aromatic carbocycles. The highest BCUT2D eigenvalue weighted by Crippen LogP contribution is 2.30. The van der Waals surface area contributed by atoms with Crippen molar-refractivity contribution in [3.8, 4) is 11.5 Å². The first-order chi connectivity index (χ1) is 12.2. The monoisotopic (exact) mass is 340 g/mol. The molecular formula is C19H20N2O4. The van der Waals surface area contributed by atoms with Crippen LogP contribution in [0.5, 0.6) is 11.5 Å². The summed E-state index contributed by atoms with van der Waals surface area (Å²) in [6.07, 6.45) is 0.253. The fraction of sp³-hybridized carbons (Fsp3) is 0.263. The number of amides is 2. The Hall–Kier alpha value is -3.02. The van der Waals surface area contributed by atoms with Crippen LogP contribution in [0.1, 0.15) is 15.9 Å². The van der Waals surface area contributed by atoms with Crippen LogP contribution in [0.2, 0.25) is 0 Å². The quantitative estimate of drug-likeness (QED) is 0.782. The van der Waals surface area contributed by atoms with E-state index in [1.165, 1.54) is 0 Å². The molecule has 25 heavy (non-hydrogen) atoms. The zero-order chi connectivity index (χ0) is 17.5. The third kappa shape index (κ3) is 4.73. The third-order valence-corrected chi connectivity index (χ3v) is 3.74. The predicted molar refractivity (Wildman–Crippen MR) is 92.9 cm³/mol. The highest BCUT2D eigenvalue weighted by atomic mass is 16.6. The maximum Gasteiger partial charge on any atom is 0.251 e. The van der Waals surface area contributed by atoms with Gasteiger partial charge in [-0.25, -0.2) is 0 Å². The van der Waals surface area contributed by atoms with Crippen LogP contribution < -0.4 is 20.1 Å². The van der Waals surface area contributed by atoms with E-state index >= 15 is 0 Å². The summed E-state index contributed by atoms with van der Waals surface area (Å²) in [7, 11) is 0. The maximum absolute atomic E-state index is 12.0. The van der Waals surface area contributed by atoms with E-state index < -0.39 is 0 Å². The SMILES string of the molecule is O=C(Cc1ccc2c(c1)OCCO2)NCCNC(=O)c1ccccc1. The van der Waals surface area contributed by atoms with Crippen LogP contribution in [0.25, 0.3) is 0 Å². The lowest BCUT2D eigenvalue weighted by Crippen LogP contribution is -2.35. The summed E-state index contributed by atoms with van der Waals surface area (Å²) in [5.41, 5.74) is 1.46. The Morgan fingerprint density at radius 1 is 0.880 bits per heavy atom. The standard InChI is InChI=1S/C19H20N2O4/c22-18(13-14-6-7-16-17(12-14)25-11-10-24-16)20-8-9-21-19(23)15-4-2-1-3-5-15/h1-7,12H,8-11,13H2,(H,20,22)(H,21,23). The summed E-state index contributed by atoms with van der Waals surface area (Å²) >= 11 is 0. The Balaban J connectivity index is 1.40. The lowest BCUT2D eigenvalue weighted by Gasteiger charge is -2.18. The molecule has 0 unspecified atom stereocenters. The summed E-state index contributed by atoms with van der Waals surface area (Å²) in [4.78, 5) is 23.9. The van der Waals surface area contributed by atoms with E-state index in [4.69, 9.17) is 9.47 Å². The average Bonchev–Trinajstić information content (AvgIpc) is 2.65. The van der Waals surface area contributed by atoms with Crippen molar-refractivity contribution < 1.29 is 19.1 Å². The van der Waals surface area contributed by atoms with Crippen molar-refractivity contribution >= 4 is 11.8 Å². The molecule has 1 heterocycles. The fourth-order valence-electron chi connectivity index (χ4n) is 2.52. The van der Waals surface area contributed by atoms with Gasteiger partial charge in [-0.15, -0.1) is 0 Å². The van der Waals surface area contributed by atoms with Crippen LogP contribution >= 0.6 is 0 Å². The lowest BCUT2D eigenvalue weighted by molar-refractivity contribution is -0.120. The van der Waals surface area contributed by atoms with Crippen molar-refractivity contribution in [2.75, 3.05) is 26.3 Å². The summed E-state index contributed by atoms with van der Waals surface area (Å²) in [6.45, 7) is 1.81. The first kappa shape index (κ1) is 16.8. The van der Waals surface area contributed by atoms with Gasteiger partial charge in [-0.3, -0.25) is 9.59 Å². The van der Waals surface area contributed by atoms with Crippen LogP contribution in [-0.4, -0.2) is 38.1 Å². The third-order valence-electron chi connectivity index (χ3n) is 3.74. The molecule has 3 rings (SSSR count). The number of fused-ring (bicyclic) bond motifs is 1. The zero-order valence-corrected chi connectivity index (χ0v) is 13.8. The number of ether oxygens (including phenoxy) is 2. The molecule has 2 aromatic rings. The Kier molecular flexibility index (Phi) is 5.51. The Labute approximate surface area is 146 Å². The van der Waals surface area contributed by atoms with Gasteiger partial charge in [0, 0.05) is 18.7 Å². The highest BCUT2D eigenvalue weighted by molar-refractivity contribution is 5.94. The van der Waals surface area contributed by atoms with Gasteiger partial charge >= 0.3 is 0 Å². The van der Waals surface area contributed by atoms with E-state index in [9.17, 15) is 9.59 Å². The van der Waals surface area contributed by atoms with Gasteiger partial charge in [0.05, 0.1) is 6.42 Å². The van der Waals surface area contributed by atoms with Crippen LogP contribution in [0.4, 0.5) is 0 Å². The van der Waals surface area contributed by atoms with E-state index in [-0.39, 0.29) is 18.2 Å². The molecule has 0 radical (unpaired) electrons. The molecular weight excluding hydrogens is 320 g/mol. The number of nitrogens with one attached hydrogen (secondary N) is 2. The van der Waals surface area contributed by atoms with E-state index in [1.54, 1.807) is 12.1 Å². The Bertz CT molecular complexity index is 746. The molecule has 1 aliphatic heterocycles. The zero-order valence-electron chi connectivity index (χ0n) is 13.8. The van der Waals surface area contributed by atoms with E-state index in [0.29, 0.717) is 43.4 Å². The van der Waals surface area contributed by atoms with E-state index in [1.807, 2.05) is 36.4 Å². The van der Waals surface area contributed by atoms with Crippen molar-refractivity contribution in [3.63, 3.8) is 0 Å². The van der Waals surface area contributed by atoms with Crippen molar-refractivity contribution in [1.82, 2.24) is 10.6 Å². The molecule has 1 aliphatic rings. The van der Waals surface area contributed by atoms with Gasteiger partial charge in [0.25, 0.3) is 5.91 Å². The van der Waals surface area contributed by atoms with Gasteiger partial charge in [0.1, 0.15) is 13.2 Å². The molecule has 0 saturated heterocycles. The van der Waals surface area contributed by atoms with Gasteiger partial charge in [-0.1, -0.05) is 24.3 Å². The summed E-state index contributed by atoms with van der Waals surface area (Å²) < 4.78 is 11.0. The largest absolute Gasteiger partial charge is 0.486 e. The van der Waals surface area contributed by atoms with Crippen molar-refractivity contribution in [3.05, 3.63) is 59.7 Å². The Morgan fingerprint density at radius 2 is 1.60 bits per heavy atom. The van der Waals surface area contributed by atoms with E-state index in [0.717, 1.165) is 5.56 Å². The average molecular weight is 340 g/mol. The van der Waals surface area contributed by atoms with Crippen LogP contribution in [0, 0.1) is 0 Å². The number of rotatable bonds is 6. The number of benzene rings is 2. The second-order valence-corrected chi connectivity index (χ2v) is 5.63. The van der Waals surface area contributed by atoms with Crippen molar-refractivity contribution in [1.29, 1.82) is 0 Å². The second-order valence-electron chi connectivity index (χ2n) is 5.63. The normalized spacial score (nSPS) is 12.3. The molecule has 6 nitrogen and oxygen atoms in total. The molecule has 2 N–H and O–H groups in total. The molecule has 130 valence electrons. The van der Waals surface area contributed by atoms with Crippen LogP contribution in [0.3, 0.4) is 0 Å². The molecule has 2 amide bonds. The Morgan fingerprint density at radius 3 is 2.40 bits per heavy atom. The van der Waals surface area contributed by atoms with E-state index in [2.05, 4.69) is 10.6 Å². The molecule has 0 saturated carbocycles. The summed E-state index contributed by atoms with van der Waals surface area (Å²) in [5.74, 6) is 1.12. The molecule has 0 bridgehead atoms. The summed E-state index contributed by atoms with van der Waals surface area (Å²) in [6, 6.07) is 14.5. The fourth-order valence-corrected chi connectivity index (χ4v) is 2.52. The highest BCUT2D eigenvalue weighted by Gasteiger charge is 2.13. The molecule has 0 atom stereocenters. The topological polar surface area (TPSA) is 76.7 Å². The minimum absolute atomic E-state index is 0.106. The smallest absolute Gasteiger partial charge is 0.251 e.